The van der Waals surface area contributed by atoms with Crippen molar-refractivity contribution >= 4 is 21.9 Å². The largest absolute Gasteiger partial charge is 0.573 e. The first-order valence-corrected chi connectivity index (χ1v) is 5.23. The lowest BCUT2D eigenvalue weighted by atomic mass is 10.0. The summed E-state index contributed by atoms with van der Waals surface area (Å²) in [5, 5.41) is 17.5. The summed E-state index contributed by atoms with van der Waals surface area (Å²) in [5.41, 5.74) is -0.518. The van der Waals surface area contributed by atoms with Gasteiger partial charge in [0, 0.05) is 4.47 Å². The maximum Gasteiger partial charge on any atom is 0.573 e. The Morgan fingerprint density at radius 3 is 2.56 bits per heavy atom. The van der Waals surface area contributed by atoms with E-state index in [0.717, 1.165) is 6.07 Å². The van der Waals surface area contributed by atoms with Crippen molar-refractivity contribution in [1.82, 2.24) is 0 Å². The van der Waals surface area contributed by atoms with Gasteiger partial charge in [0.2, 0.25) is 0 Å². The summed E-state index contributed by atoms with van der Waals surface area (Å²) < 4.78 is 40.2. The highest BCUT2D eigenvalue weighted by atomic mass is 79.9. The van der Waals surface area contributed by atoms with Crippen LogP contribution in [-0.4, -0.2) is 17.4 Å². The van der Waals surface area contributed by atoms with Crippen molar-refractivity contribution in [3.8, 4) is 11.8 Å². The van der Waals surface area contributed by atoms with E-state index in [2.05, 4.69) is 20.7 Å². The maximum absolute atomic E-state index is 12.1. The first kappa shape index (κ1) is 14.3. The number of hydrogen-bond acceptors (Lipinski definition) is 3. The second-order valence-corrected chi connectivity index (χ2v) is 3.98. The Morgan fingerprint density at radius 1 is 1.50 bits per heavy atom. The van der Waals surface area contributed by atoms with Crippen LogP contribution in [0.15, 0.2) is 16.6 Å². The number of hydrogen-bond donors (Lipinski definition) is 1. The zero-order chi connectivity index (χ0) is 13.9. The Hall–Kier alpha value is -1.75. The topological polar surface area (TPSA) is 70.3 Å². The molecule has 1 aromatic carbocycles. The van der Waals surface area contributed by atoms with E-state index in [1.807, 2.05) is 0 Å². The molecule has 0 saturated heterocycles. The average molecular weight is 324 g/mol. The predicted molar refractivity (Wildman–Crippen MR) is 56.9 cm³/mol. The van der Waals surface area contributed by atoms with Gasteiger partial charge < -0.3 is 9.84 Å². The summed E-state index contributed by atoms with van der Waals surface area (Å²) in [6, 6.07) is 3.66. The molecule has 0 heterocycles. The van der Waals surface area contributed by atoms with Crippen molar-refractivity contribution in [2.75, 3.05) is 0 Å². The highest BCUT2D eigenvalue weighted by Crippen LogP contribution is 2.32. The van der Waals surface area contributed by atoms with Crippen LogP contribution in [0.4, 0.5) is 13.2 Å². The molecule has 0 amide bonds. The third-order valence-corrected chi connectivity index (χ3v) is 2.63. The molecule has 0 aromatic heterocycles. The summed E-state index contributed by atoms with van der Waals surface area (Å²) in [5.74, 6) is -1.99. The van der Waals surface area contributed by atoms with E-state index in [1.165, 1.54) is 12.1 Å². The van der Waals surface area contributed by atoms with Gasteiger partial charge in [-0.25, -0.2) is 0 Å². The number of ether oxygens (including phenoxy) is 1. The van der Waals surface area contributed by atoms with E-state index >= 15 is 0 Å². The van der Waals surface area contributed by atoms with Gasteiger partial charge in [-0.1, -0.05) is 15.9 Å². The summed E-state index contributed by atoms with van der Waals surface area (Å²) in [6.07, 6.45) is -5.53. The minimum absolute atomic E-state index is 0.0632. The molecule has 0 saturated carbocycles. The molecule has 0 bridgehead atoms. The summed E-state index contributed by atoms with van der Waals surface area (Å²) in [7, 11) is 0. The molecule has 0 aliphatic heterocycles. The number of aliphatic carboxylic acids is 1. The fourth-order valence-corrected chi connectivity index (χ4v) is 1.73. The Kier molecular flexibility index (Phi) is 4.19. The average Bonchev–Trinajstić information content (AvgIpc) is 2.20. The van der Waals surface area contributed by atoms with Crippen LogP contribution in [0.1, 0.15) is 11.1 Å². The SMILES string of the molecule is N#Cc1c(OC(F)(F)F)ccc(Br)c1CC(=O)O. The van der Waals surface area contributed by atoms with E-state index in [9.17, 15) is 18.0 Å². The molecule has 96 valence electrons. The second-order valence-electron chi connectivity index (χ2n) is 3.13. The molecular formula is C10H5BrF3NO3. The van der Waals surface area contributed by atoms with Gasteiger partial charge >= 0.3 is 12.3 Å². The fourth-order valence-electron chi connectivity index (χ4n) is 1.26. The molecule has 0 fully saturated rings. The van der Waals surface area contributed by atoms with Crippen molar-refractivity contribution in [2.24, 2.45) is 0 Å². The molecule has 0 aliphatic rings. The van der Waals surface area contributed by atoms with E-state index in [0.29, 0.717) is 0 Å². The van der Waals surface area contributed by atoms with Crippen LogP contribution < -0.4 is 4.74 Å². The Morgan fingerprint density at radius 2 is 2.11 bits per heavy atom. The molecular weight excluding hydrogens is 319 g/mol. The van der Waals surface area contributed by atoms with Crippen LogP contribution in [0.5, 0.6) is 5.75 Å². The van der Waals surface area contributed by atoms with Gasteiger partial charge in [-0.05, 0) is 17.7 Å². The van der Waals surface area contributed by atoms with E-state index in [1.54, 1.807) is 0 Å². The van der Waals surface area contributed by atoms with Crippen LogP contribution in [0.3, 0.4) is 0 Å². The van der Waals surface area contributed by atoms with Gasteiger partial charge in [-0.2, -0.15) is 5.26 Å². The Balaban J connectivity index is 3.30. The van der Waals surface area contributed by atoms with Crippen molar-refractivity contribution in [1.29, 1.82) is 5.26 Å². The number of benzene rings is 1. The molecule has 0 atom stereocenters. The molecule has 1 N–H and O–H groups in total. The van der Waals surface area contributed by atoms with Gasteiger partial charge in [-0.15, -0.1) is 13.2 Å². The van der Waals surface area contributed by atoms with Gasteiger partial charge in [0.25, 0.3) is 0 Å². The molecule has 0 aliphatic carbocycles. The molecule has 1 aromatic rings. The minimum atomic E-state index is -4.94. The minimum Gasteiger partial charge on any atom is -0.481 e. The number of carboxylic acid groups (broad SMARTS) is 1. The van der Waals surface area contributed by atoms with Crippen LogP contribution >= 0.6 is 15.9 Å². The molecule has 1 rings (SSSR count). The van der Waals surface area contributed by atoms with Gasteiger partial charge in [0.1, 0.15) is 11.8 Å². The normalized spacial score (nSPS) is 10.8. The second kappa shape index (κ2) is 5.27. The number of rotatable bonds is 3. The van der Waals surface area contributed by atoms with Gasteiger partial charge in [0.15, 0.2) is 0 Å². The van der Waals surface area contributed by atoms with Crippen LogP contribution in [0.2, 0.25) is 0 Å². The van der Waals surface area contributed by atoms with Crippen molar-refractivity contribution in [3.63, 3.8) is 0 Å². The van der Waals surface area contributed by atoms with Crippen molar-refractivity contribution in [2.45, 2.75) is 12.8 Å². The number of halogens is 4. The van der Waals surface area contributed by atoms with Crippen LogP contribution in [-0.2, 0) is 11.2 Å². The third kappa shape index (κ3) is 3.63. The lowest BCUT2D eigenvalue weighted by Crippen LogP contribution is -2.18. The first-order chi connectivity index (χ1) is 8.24. The summed E-state index contributed by atoms with van der Waals surface area (Å²) >= 11 is 2.98. The van der Waals surface area contributed by atoms with Crippen molar-refractivity contribution < 1.29 is 27.8 Å². The number of nitriles is 1. The number of nitrogens with zero attached hydrogens (tertiary/aromatic N) is 1. The molecule has 0 unspecified atom stereocenters. The van der Waals surface area contributed by atoms with Crippen LogP contribution in [0, 0.1) is 11.3 Å². The lowest BCUT2D eigenvalue weighted by Gasteiger charge is -2.13. The third-order valence-electron chi connectivity index (χ3n) is 1.88. The summed E-state index contributed by atoms with van der Waals surface area (Å²) in [4.78, 5) is 10.6. The predicted octanol–water partition coefficient (Wildman–Crippen LogP) is 2.85. The molecule has 8 heteroatoms. The van der Waals surface area contributed by atoms with Crippen LogP contribution in [0.25, 0.3) is 0 Å². The Labute approximate surface area is 108 Å². The molecule has 18 heavy (non-hydrogen) atoms. The standard InChI is InChI=1S/C10H5BrF3NO3/c11-7-1-2-8(18-10(12,13)14)6(4-15)5(7)3-9(16)17/h1-2H,3H2,(H,16,17). The monoisotopic (exact) mass is 323 g/mol. The highest BCUT2D eigenvalue weighted by Gasteiger charge is 2.33. The zero-order valence-electron chi connectivity index (χ0n) is 8.58. The van der Waals surface area contributed by atoms with E-state index in [4.69, 9.17) is 10.4 Å². The van der Waals surface area contributed by atoms with Gasteiger partial charge in [0.05, 0.1) is 12.0 Å². The summed E-state index contributed by atoms with van der Waals surface area (Å²) in [6.45, 7) is 0. The molecule has 0 spiro atoms. The molecule has 4 nitrogen and oxygen atoms in total. The lowest BCUT2D eigenvalue weighted by molar-refractivity contribution is -0.274. The number of carbonyl (C=O) groups is 1. The van der Waals surface area contributed by atoms with E-state index in [-0.39, 0.29) is 10.0 Å². The quantitative estimate of drug-likeness (QED) is 0.928. The van der Waals surface area contributed by atoms with Crippen molar-refractivity contribution in [3.05, 3.63) is 27.7 Å². The molecule has 0 radical (unpaired) electrons. The fraction of sp³-hybridized carbons (Fsp3) is 0.200. The smallest absolute Gasteiger partial charge is 0.481 e. The highest BCUT2D eigenvalue weighted by molar-refractivity contribution is 9.10. The number of alkyl halides is 3. The van der Waals surface area contributed by atoms with Gasteiger partial charge in [-0.3, -0.25) is 4.79 Å². The first-order valence-electron chi connectivity index (χ1n) is 4.43. The Bertz CT molecular complexity index is 522. The maximum atomic E-state index is 12.1. The van der Waals surface area contributed by atoms with E-state index < -0.39 is 30.1 Å². The number of carboxylic acids is 1. The zero-order valence-corrected chi connectivity index (χ0v) is 10.2.